The van der Waals surface area contributed by atoms with Crippen molar-refractivity contribution in [2.24, 2.45) is 0 Å². The first-order valence-corrected chi connectivity index (χ1v) is 9.39. The van der Waals surface area contributed by atoms with Crippen LogP contribution in [0.2, 0.25) is 0 Å². The van der Waals surface area contributed by atoms with E-state index >= 15 is 0 Å². The van der Waals surface area contributed by atoms with Gasteiger partial charge in [0.25, 0.3) is 5.91 Å². The minimum absolute atomic E-state index is 0.175. The number of carbonyl (C=O) groups is 1. The predicted molar refractivity (Wildman–Crippen MR) is 97.9 cm³/mol. The number of aromatic nitrogens is 2. The Balaban J connectivity index is 1.52. The van der Waals surface area contributed by atoms with Crippen LogP contribution in [-0.2, 0) is 0 Å². The maximum absolute atomic E-state index is 13.1. The molecule has 2 unspecified atom stereocenters. The van der Waals surface area contributed by atoms with Gasteiger partial charge in [-0.3, -0.25) is 9.69 Å². The monoisotopic (exact) mass is 338 g/mol. The van der Waals surface area contributed by atoms with Crippen LogP contribution in [0, 0.1) is 0 Å². The number of hydrogen-bond acceptors (Lipinski definition) is 3. The molecule has 1 aromatic carbocycles. The molecule has 3 heterocycles. The zero-order chi connectivity index (χ0) is 17.2. The second-order valence-corrected chi connectivity index (χ2v) is 7.18. The Morgan fingerprint density at radius 2 is 2.04 bits per heavy atom. The van der Waals surface area contributed by atoms with Gasteiger partial charge >= 0.3 is 0 Å². The zero-order valence-corrected chi connectivity index (χ0v) is 14.8. The van der Waals surface area contributed by atoms with Crippen molar-refractivity contribution >= 4 is 5.91 Å². The van der Waals surface area contributed by atoms with Gasteiger partial charge in [-0.05, 0) is 50.1 Å². The van der Waals surface area contributed by atoms with Crippen LogP contribution in [0.5, 0.6) is 0 Å². The molecule has 0 aliphatic carbocycles. The molecule has 2 saturated heterocycles. The first-order valence-electron chi connectivity index (χ1n) is 9.39. The quantitative estimate of drug-likeness (QED) is 0.864. The summed E-state index contributed by atoms with van der Waals surface area (Å²) in [7, 11) is 0. The summed E-state index contributed by atoms with van der Waals surface area (Å²) >= 11 is 0. The SMILES string of the molecule is CCC1CN2CCCCC2CN1C(=O)c1ccc(-n2ccnc2)cc1. The van der Waals surface area contributed by atoms with Crippen molar-refractivity contribution in [1.82, 2.24) is 19.4 Å². The molecule has 2 aliphatic heterocycles. The fourth-order valence-electron chi connectivity index (χ4n) is 4.20. The van der Waals surface area contributed by atoms with E-state index < -0.39 is 0 Å². The van der Waals surface area contributed by atoms with Crippen molar-refractivity contribution in [2.75, 3.05) is 19.6 Å². The highest BCUT2D eigenvalue weighted by molar-refractivity contribution is 5.94. The molecular weight excluding hydrogens is 312 g/mol. The Bertz CT molecular complexity index is 710. The maximum atomic E-state index is 13.1. The van der Waals surface area contributed by atoms with E-state index in [2.05, 4.69) is 21.7 Å². The highest BCUT2D eigenvalue weighted by Gasteiger charge is 2.36. The van der Waals surface area contributed by atoms with Crippen LogP contribution >= 0.6 is 0 Å². The van der Waals surface area contributed by atoms with E-state index in [-0.39, 0.29) is 5.91 Å². The Labute approximate surface area is 149 Å². The Morgan fingerprint density at radius 1 is 1.20 bits per heavy atom. The van der Waals surface area contributed by atoms with Crippen LogP contribution in [0.1, 0.15) is 43.0 Å². The smallest absolute Gasteiger partial charge is 0.254 e. The summed E-state index contributed by atoms with van der Waals surface area (Å²) in [6.45, 7) is 5.29. The first kappa shape index (κ1) is 16.3. The van der Waals surface area contributed by atoms with Crippen LogP contribution in [0.25, 0.3) is 5.69 Å². The van der Waals surface area contributed by atoms with Gasteiger partial charge in [0.15, 0.2) is 0 Å². The molecule has 2 atom stereocenters. The van der Waals surface area contributed by atoms with Crippen molar-refractivity contribution in [3.05, 3.63) is 48.5 Å². The van der Waals surface area contributed by atoms with Crippen molar-refractivity contribution in [1.29, 1.82) is 0 Å². The number of fused-ring (bicyclic) bond motifs is 1. The Morgan fingerprint density at radius 3 is 2.76 bits per heavy atom. The van der Waals surface area contributed by atoms with Crippen LogP contribution in [-0.4, -0.2) is 57.0 Å². The molecular formula is C20H26N4O. The van der Waals surface area contributed by atoms with Gasteiger partial charge < -0.3 is 9.47 Å². The maximum Gasteiger partial charge on any atom is 0.254 e. The number of carbonyl (C=O) groups excluding carboxylic acids is 1. The summed E-state index contributed by atoms with van der Waals surface area (Å²) in [5.41, 5.74) is 1.81. The molecule has 0 N–H and O–H groups in total. The fourth-order valence-corrected chi connectivity index (χ4v) is 4.20. The van der Waals surface area contributed by atoms with Crippen LogP contribution < -0.4 is 0 Å². The van der Waals surface area contributed by atoms with Gasteiger partial charge in [-0.1, -0.05) is 13.3 Å². The van der Waals surface area contributed by atoms with Crippen LogP contribution in [0.15, 0.2) is 43.0 Å². The molecule has 0 bridgehead atoms. The van der Waals surface area contributed by atoms with Crippen molar-refractivity contribution in [3.8, 4) is 5.69 Å². The lowest BCUT2D eigenvalue weighted by atomic mass is 9.95. The number of hydrogen-bond donors (Lipinski definition) is 0. The topological polar surface area (TPSA) is 41.4 Å². The van der Waals surface area contributed by atoms with Crippen molar-refractivity contribution in [2.45, 2.75) is 44.7 Å². The second-order valence-electron chi connectivity index (χ2n) is 7.18. The lowest BCUT2D eigenvalue weighted by Crippen LogP contribution is -2.60. The molecule has 0 saturated carbocycles. The summed E-state index contributed by atoms with van der Waals surface area (Å²) < 4.78 is 1.95. The number of benzene rings is 1. The first-order chi connectivity index (χ1) is 12.3. The molecule has 132 valence electrons. The third-order valence-electron chi connectivity index (χ3n) is 5.69. The predicted octanol–water partition coefficient (Wildman–Crippen LogP) is 2.96. The van der Waals surface area contributed by atoms with E-state index in [1.54, 1.807) is 12.5 Å². The summed E-state index contributed by atoms with van der Waals surface area (Å²) in [5, 5.41) is 0. The average Bonchev–Trinajstić information content (AvgIpc) is 3.21. The summed E-state index contributed by atoms with van der Waals surface area (Å²) in [6.07, 6.45) is 10.3. The van der Waals surface area contributed by atoms with Crippen LogP contribution in [0.3, 0.4) is 0 Å². The third kappa shape index (κ3) is 3.21. The number of piperidine rings is 1. The second kappa shape index (κ2) is 7.00. The van der Waals surface area contributed by atoms with Crippen molar-refractivity contribution in [3.63, 3.8) is 0 Å². The fraction of sp³-hybridized carbons (Fsp3) is 0.500. The summed E-state index contributed by atoms with van der Waals surface area (Å²) in [5.74, 6) is 0.175. The molecule has 25 heavy (non-hydrogen) atoms. The third-order valence-corrected chi connectivity index (χ3v) is 5.69. The van der Waals surface area contributed by atoms with Gasteiger partial charge in [0.1, 0.15) is 0 Å². The minimum Gasteiger partial charge on any atom is -0.333 e. The molecule has 4 rings (SSSR count). The van der Waals surface area contributed by atoms with E-state index in [0.717, 1.165) is 30.8 Å². The lowest BCUT2D eigenvalue weighted by Gasteiger charge is -2.48. The van der Waals surface area contributed by atoms with Gasteiger partial charge in [0, 0.05) is 48.8 Å². The van der Waals surface area contributed by atoms with Crippen molar-refractivity contribution < 1.29 is 4.79 Å². The van der Waals surface area contributed by atoms with E-state index in [1.165, 1.54) is 25.8 Å². The molecule has 5 nitrogen and oxygen atoms in total. The minimum atomic E-state index is 0.175. The molecule has 2 fully saturated rings. The largest absolute Gasteiger partial charge is 0.333 e. The molecule has 2 aromatic rings. The number of rotatable bonds is 3. The Kier molecular flexibility index (Phi) is 4.57. The van der Waals surface area contributed by atoms with E-state index in [4.69, 9.17) is 0 Å². The standard InChI is InChI=1S/C20H26N4O/c1-2-17-13-22-11-4-3-5-19(22)14-24(17)20(25)16-6-8-18(9-7-16)23-12-10-21-15-23/h6-10,12,15,17,19H,2-5,11,13-14H2,1H3. The number of amides is 1. The highest BCUT2D eigenvalue weighted by atomic mass is 16.2. The van der Waals surface area contributed by atoms with E-state index in [9.17, 15) is 4.79 Å². The number of nitrogens with zero attached hydrogens (tertiary/aromatic N) is 4. The lowest BCUT2D eigenvalue weighted by molar-refractivity contribution is 0.00963. The summed E-state index contributed by atoms with van der Waals surface area (Å²) in [4.78, 5) is 21.9. The number of piperazine rings is 1. The molecule has 5 heteroatoms. The molecule has 0 radical (unpaired) electrons. The van der Waals surface area contributed by atoms with E-state index in [0.29, 0.717) is 12.1 Å². The van der Waals surface area contributed by atoms with Gasteiger partial charge in [-0.15, -0.1) is 0 Å². The molecule has 1 amide bonds. The van der Waals surface area contributed by atoms with Gasteiger partial charge in [-0.2, -0.15) is 0 Å². The van der Waals surface area contributed by atoms with Crippen LogP contribution in [0.4, 0.5) is 0 Å². The number of imidazole rings is 1. The highest BCUT2D eigenvalue weighted by Crippen LogP contribution is 2.26. The van der Waals surface area contributed by atoms with E-state index in [1.807, 2.05) is 35.0 Å². The Hall–Kier alpha value is -2.14. The van der Waals surface area contributed by atoms with Gasteiger partial charge in [0.05, 0.1) is 6.33 Å². The molecule has 1 aromatic heterocycles. The zero-order valence-electron chi connectivity index (χ0n) is 14.8. The van der Waals surface area contributed by atoms with Gasteiger partial charge in [0.2, 0.25) is 0 Å². The molecule has 2 aliphatic rings. The summed E-state index contributed by atoms with van der Waals surface area (Å²) in [6, 6.07) is 8.75. The normalized spacial score (nSPS) is 24.1. The van der Waals surface area contributed by atoms with Gasteiger partial charge in [-0.25, -0.2) is 4.98 Å². The average molecular weight is 338 g/mol. The molecule has 0 spiro atoms.